The second kappa shape index (κ2) is 9.84. The molecule has 0 aliphatic heterocycles. The van der Waals surface area contributed by atoms with Crippen molar-refractivity contribution >= 4 is 34.1 Å². The zero-order valence-electron chi connectivity index (χ0n) is 16.9. The molecule has 1 N–H and O–H groups in total. The summed E-state index contributed by atoms with van der Waals surface area (Å²) in [6.07, 6.45) is 0.800. The molecule has 8 nitrogen and oxygen atoms in total. The van der Waals surface area contributed by atoms with Crippen LogP contribution in [-0.4, -0.2) is 36.6 Å². The number of nitrogens with one attached hydrogen (secondary N) is 1. The SMILES string of the molecule is CCc1nnc(NC(=O)CSc2nnc(COc3ccc(C(C)C)cc3)n2C)s1. The first-order valence-corrected chi connectivity index (χ1v) is 11.1. The molecule has 1 aromatic carbocycles. The van der Waals surface area contributed by atoms with Crippen LogP contribution in [-0.2, 0) is 24.9 Å². The average Bonchev–Trinajstić information content (AvgIpc) is 3.31. The quantitative estimate of drug-likeness (QED) is 0.516. The van der Waals surface area contributed by atoms with Gasteiger partial charge in [-0.25, -0.2) is 0 Å². The van der Waals surface area contributed by atoms with Gasteiger partial charge in [-0.3, -0.25) is 10.1 Å². The van der Waals surface area contributed by atoms with E-state index in [0.29, 0.717) is 28.6 Å². The second-order valence-electron chi connectivity index (χ2n) is 6.66. The molecule has 0 saturated heterocycles. The summed E-state index contributed by atoms with van der Waals surface area (Å²) in [4.78, 5) is 12.1. The van der Waals surface area contributed by atoms with E-state index in [1.807, 2.05) is 30.7 Å². The molecular formula is C19H24N6O2S2. The number of rotatable bonds is 9. The summed E-state index contributed by atoms with van der Waals surface area (Å²) in [5.41, 5.74) is 1.27. The monoisotopic (exact) mass is 432 g/mol. The molecule has 0 radical (unpaired) electrons. The lowest BCUT2D eigenvalue weighted by molar-refractivity contribution is -0.113. The molecule has 3 aromatic rings. The predicted octanol–water partition coefficient (Wildman–Crippen LogP) is 3.66. The summed E-state index contributed by atoms with van der Waals surface area (Å²) in [5, 5.41) is 21.1. The van der Waals surface area contributed by atoms with Gasteiger partial charge in [0.05, 0.1) is 5.75 Å². The predicted molar refractivity (Wildman–Crippen MR) is 115 cm³/mol. The molecule has 0 unspecified atom stereocenters. The highest BCUT2D eigenvalue weighted by Gasteiger charge is 2.13. The number of amides is 1. The van der Waals surface area contributed by atoms with Crippen molar-refractivity contribution in [1.29, 1.82) is 0 Å². The molecule has 0 saturated carbocycles. The third kappa shape index (κ3) is 5.77. The molecule has 10 heteroatoms. The van der Waals surface area contributed by atoms with E-state index < -0.39 is 0 Å². The van der Waals surface area contributed by atoms with Crippen molar-refractivity contribution in [2.45, 2.75) is 44.9 Å². The summed E-state index contributed by atoms with van der Waals surface area (Å²) in [7, 11) is 1.86. The molecule has 0 aliphatic rings. The van der Waals surface area contributed by atoms with Gasteiger partial charge in [0.15, 0.2) is 11.0 Å². The Morgan fingerprint density at radius 2 is 1.97 bits per heavy atom. The molecule has 0 spiro atoms. The number of aryl methyl sites for hydroxylation is 1. The Morgan fingerprint density at radius 3 is 2.62 bits per heavy atom. The first-order valence-electron chi connectivity index (χ1n) is 9.32. The van der Waals surface area contributed by atoms with Gasteiger partial charge < -0.3 is 9.30 Å². The minimum atomic E-state index is -0.153. The van der Waals surface area contributed by atoms with Crippen molar-refractivity contribution < 1.29 is 9.53 Å². The number of aromatic nitrogens is 5. The number of anilines is 1. The van der Waals surface area contributed by atoms with Crippen molar-refractivity contribution in [2.24, 2.45) is 7.05 Å². The van der Waals surface area contributed by atoms with Crippen LogP contribution < -0.4 is 10.1 Å². The van der Waals surface area contributed by atoms with E-state index in [2.05, 4.69) is 51.7 Å². The maximum atomic E-state index is 12.1. The smallest absolute Gasteiger partial charge is 0.236 e. The van der Waals surface area contributed by atoms with Gasteiger partial charge in [-0.15, -0.1) is 20.4 Å². The lowest BCUT2D eigenvalue weighted by Crippen LogP contribution is -2.14. The van der Waals surface area contributed by atoms with Gasteiger partial charge in [0.2, 0.25) is 11.0 Å². The van der Waals surface area contributed by atoms with Gasteiger partial charge in [-0.2, -0.15) is 0 Å². The lowest BCUT2D eigenvalue weighted by Gasteiger charge is -2.09. The lowest BCUT2D eigenvalue weighted by atomic mass is 10.0. The number of carbonyl (C=O) groups excluding carboxylic acids is 1. The van der Waals surface area contributed by atoms with E-state index in [-0.39, 0.29) is 11.7 Å². The van der Waals surface area contributed by atoms with E-state index in [9.17, 15) is 4.79 Å². The summed E-state index contributed by atoms with van der Waals surface area (Å²) in [5.74, 6) is 2.02. The van der Waals surface area contributed by atoms with Gasteiger partial charge in [0.25, 0.3) is 0 Å². The number of ether oxygens (including phenoxy) is 1. The van der Waals surface area contributed by atoms with Crippen molar-refractivity contribution in [3.63, 3.8) is 0 Å². The number of carbonyl (C=O) groups is 1. The molecule has 3 rings (SSSR count). The van der Waals surface area contributed by atoms with Gasteiger partial charge in [-0.1, -0.05) is 56.0 Å². The molecule has 0 bridgehead atoms. The van der Waals surface area contributed by atoms with Crippen molar-refractivity contribution in [1.82, 2.24) is 25.0 Å². The summed E-state index contributed by atoms with van der Waals surface area (Å²) >= 11 is 2.70. The van der Waals surface area contributed by atoms with Crippen LogP contribution in [0.5, 0.6) is 5.75 Å². The van der Waals surface area contributed by atoms with E-state index in [4.69, 9.17) is 4.74 Å². The highest BCUT2D eigenvalue weighted by Crippen LogP contribution is 2.21. The third-order valence-corrected chi connectivity index (χ3v) is 6.19. The Morgan fingerprint density at radius 1 is 1.21 bits per heavy atom. The van der Waals surface area contributed by atoms with Crippen LogP contribution in [0.25, 0.3) is 0 Å². The third-order valence-electron chi connectivity index (χ3n) is 4.19. The maximum Gasteiger partial charge on any atom is 0.236 e. The molecule has 154 valence electrons. The molecule has 2 aromatic heterocycles. The van der Waals surface area contributed by atoms with E-state index in [1.165, 1.54) is 28.7 Å². The van der Waals surface area contributed by atoms with E-state index >= 15 is 0 Å². The summed E-state index contributed by atoms with van der Waals surface area (Å²) in [6, 6.07) is 8.06. The number of nitrogens with zero attached hydrogens (tertiary/aromatic N) is 5. The van der Waals surface area contributed by atoms with Crippen LogP contribution in [0.1, 0.15) is 43.1 Å². The molecule has 0 fully saturated rings. The fraction of sp³-hybridized carbons (Fsp3) is 0.421. The Balaban J connectivity index is 1.50. The molecular weight excluding hydrogens is 408 g/mol. The first kappa shape index (κ1) is 21.3. The first-order chi connectivity index (χ1) is 14.0. The van der Waals surface area contributed by atoms with Crippen LogP contribution >= 0.6 is 23.1 Å². The minimum Gasteiger partial charge on any atom is -0.486 e. The molecule has 0 atom stereocenters. The topological polar surface area (TPSA) is 94.8 Å². The Hall–Kier alpha value is -2.46. The zero-order valence-corrected chi connectivity index (χ0v) is 18.5. The Kier molecular flexibility index (Phi) is 7.21. The van der Waals surface area contributed by atoms with Crippen LogP contribution in [0.2, 0.25) is 0 Å². The molecule has 29 heavy (non-hydrogen) atoms. The van der Waals surface area contributed by atoms with Gasteiger partial charge in [-0.05, 0) is 30.0 Å². The fourth-order valence-electron chi connectivity index (χ4n) is 2.43. The largest absolute Gasteiger partial charge is 0.486 e. The van der Waals surface area contributed by atoms with E-state index in [1.54, 1.807) is 0 Å². The Bertz CT molecular complexity index is 952. The summed E-state index contributed by atoms with van der Waals surface area (Å²) < 4.78 is 7.65. The highest BCUT2D eigenvalue weighted by molar-refractivity contribution is 7.99. The molecule has 1 amide bonds. The highest BCUT2D eigenvalue weighted by atomic mass is 32.2. The minimum absolute atomic E-state index is 0.153. The number of hydrogen-bond donors (Lipinski definition) is 1. The van der Waals surface area contributed by atoms with Crippen molar-refractivity contribution in [3.8, 4) is 5.75 Å². The average molecular weight is 433 g/mol. The van der Waals surface area contributed by atoms with Gasteiger partial charge in [0, 0.05) is 7.05 Å². The standard InChI is InChI=1S/C19H24N6O2S2/c1-5-17-22-23-18(29-17)20-16(26)11-28-19-24-21-15(25(19)4)10-27-14-8-6-13(7-9-14)12(2)3/h6-9,12H,5,10-11H2,1-4H3,(H,20,23,26). The number of hydrogen-bond acceptors (Lipinski definition) is 8. The van der Waals surface area contributed by atoms with Crippen molar-refractivity contribution in [2.75, 3.05) is 11.1 Å². The zero-order chi connectivity index (χ0) is 20.8. The van der Waals surface area contributed by atoms with Crippen LogP contribution in [0.4, 0.5) is 5.13 Å². The second-order valence-corrected chi connectivity index (χ2v) is 8.67. The summed E-state index contributed by atoms with van der Waals surface area (Å²) in [6.45, 7) is 6.62. The molecule has 0 aliphatic carbocycles. The number of thioether (sulfide) groups is 1. The Labute approximate surface area is 178 Å². The van der Waals surface area contributed by atoms with Crippen LogP contribution in [0.15, 0.2) is 29.4 Å². The fourth-order valence-corrected chi connectivity index (χ4v) is 3.85. The molecule has 2 heterocycles. The normalized spacial score (nSPS) is 11.1. The van der Waals surface area contributed by atoms with Gasteiger partial charge in [0.1, 0.15) is 17.4 Å². The van der Waals surface area contributed by atoms with Crippen molar-refractivity contribution in [3.05, 3.63) is 40.7 Å². The van der Waals surface area contributed by atoms with Gasteiger partial charge >= 0.3 is 0 Å². The number of benzene rings is 1. The maximum absolute atomic E-state index is 12.1. The van der Waals surface area contributed by atoms with Crippen LogP contribution in [0.3, 0.4) is 0 Å². The van der Waals surface area contributed by atoms with Crippen LogP contribution in [0, 0.1) is 0 Å². The van der Waals surface area contributed by atoms with E-state index in [0.717, 1.165) is 17.2 Å².